The number of hydrogen-bond donors (Lipinski definition) is 1. The van der Waals surface area contributed by atoms with Gasteiger partial charge in [0.05, 0.1) is 6.33 Å². The van der Waals surface area contributed by atoms with Crippen LogP contribution in [0.5, 0.6) is 0 Å². The van der Waals surface area contributed by atoms with E-state index in [9.17, 15) is 9.59 Å². The van der Waals surface area contributed by atoms with Gasteiger partial charge in [0, 0.05) is 0 Å². The third kappa shape index (κ3) is 6.20. The summed E-state index contributed by atoms with van der Waals surface area (Å²) in [7, 11) is 0. The molecule has 14 heteroatoms. The van der Waals surface area contributed by atoms with Crippen molar-refractivity contribution < 1.29 is 37.7 Å². The van der Waals surface area contributed by atoms with E-state index in [2.05, 4.69) is 15.0 Å². The Bertz CT molecular complexity index is 1110. The van der Waals surface area contributed by atoms with E-state index in [0.29, 0.717) is 0 Å². The molecule has 0 saturated carbocycles. The zero-order valence-corrected chi connectivity index (χ0v) is 21.3. The first-order valence-corrected chi connectivity index (χ1v) is 11.1. The lowest BCUT2D eigenvalue weighted by atomic mass is 9.98. The van der Waals surface area contributed by atoms with Crippen LogP contribution in [0.15, 0.2) is 6.33 Å². The molecule has 0 bridgehead atoms. The number of carbonyl (C=O) groups is 2. The molecule has 3 rings (SSSR count). The number of hydrogen-bond acceptors (Lipinski definition) is 11. The summed E-state index contributed by atoms with van der Waals surface area (Å²) >= 11 is 6.08. The molecule has 0 aromatic carbocycles. The van der Waals surface area contributed by atoms with E-state index in [0.717, 1.165) is 6.92 Å². The van der Waals surface area contributed by atoms with Gasteiger partial charge < -0.3 is 29.4 Å². The van der Waals surface area contributed by atoms with E-state index in [1.165, 1.54) is 10.9 Å². The third-order valence-corrected chi connectivity index (χ3v) is 4.96. The normalized spacial score (nSPS) is 24.9. The fourth-order valence-corrected chi connectivity index (χ4v) is 3.63. The van der Waals surface area contributed by atoms with E-state index in [-0.39, 0.29) is 22.3 Å². The summed E-state index contributed by atoms with van der Waals surface area (Å²) in [5.41, 5.74) is 1.89. The standard InChI is InChI=1S/C21H29ClFN5O7/c1-19(2,3)34-17(29)31-8-10-12(33-18(30)35-20(4,5)6)21(7,23)15(32-10)28-9-25-11-13(22)26-16(24)27-14(11)28/h9-10,12,15H,8H2,1-7H3,(H2,24,26,27)/t10?,12?,15?,21-/m1/s1. The second-order valence-corrected chi connectivity index (χ2v) is 10.5. The molecular formula is C21H29ClFN5O7. The number of fused-ring (bicyclic) bond motifs is 1. The van der Waals surface area contributed by atoms with Crippen molar-refractivity contribution in [3.63, 3.8) is 0 Å². The Kier molecular flexibility index (Phi) is 7.06. The molecule has 4 atom stereocenters. The van der Waals surface area contributed by atoms with Gasteiger partial charge in [-0.25, -0.2) is 19.0 Å². The molecule has 0 radical (unpaired) electrons. The highest BCUT2D eigenvalue weighted by Gasteiger charge is 2.59. The molecule has 2 aromatic heterocycles. The van der Waals surface area contributed by atoms with Crippen molar-refractivity contribution in [2.75, 3.05) is 12.3 Å². The fraction of sp³-hybridized carbons (Fsp3) is 0.667. The fourth-order valence-electron chi connectivity index (χ4n) is 3.41. The Morgan fingerprint density at radius 1 is 1.17 bits per heavy atom. The van der Waals surface area contributed by atoms with Gasteiger partial charge in [-0.05, 0) is 48.5 Å². The number of aromatic nitrogens is 4. The van der Waals surface area contributed by atoms with E-state index in [1.54, 1.807) is 41.5 Å². The number of rotatable bonds is 4. The third-order valence-electron chi connectivity index (χ3n) is 4.70. The Labute approximate surface area is 206 Å². The minimum Gasteiger partial charge on any atom is -0.431 e. The number of nitrogens with two attached hydrogens (primary N) is 1. The molecule has 2 N–H and O–H groups in total. The average molecular weight is 518 g/mol. The maximum Gasteiger partial charge on any atom is 0.509 e. The van der Waals surface area contributed by atoms with Crippen LogP contribution in [0, 0.1) is 0 Å². The van der Waals surface area contributed by atoms with Crippen molar-refractivity contribution in [3.05, 3.63) is 11.5 Å². The van der Waals surface area contributed by atoms with E-state index >= 15 is 4.39 Å². The maximum atomic E-state index is 16.3. The van der Waals surface area contributed by atoms with Crippen molar-refractivity contribution in [1.29, 1.82) is 0 Å². The van der Waals surface area contributed by atoms with Crippen molar-refractivity contribution in [2.45, 2.75) is 83.8 Å². The number of halogens is 2. The number of imidazole rings is 1. The van der Waals surface area contributed by atoms with Gasteiger partial charge in [-0.1, -0.05) is 11.6 Å². The van der Waals surface area contributed by atoms with Gasteiger partial charge in [0.15, 0.2) is 28.8 Å². The first-order valence-electron chi connectivity index (χ1n) is 10.7. The summed E-state index contributed by atoms with van der Waals surface area (Å²) < 4.78 is 44.1. The van der Waals surface area contributed by atoms with Crippen molar-refractivity contribution >= 4 is 41.0 Å². The molecule has 1 saturated heterocycles. The summed E-state index contributed by atoms with van der Waals surface area (Å²) in [4.78, 5) is 36.5. The minimum absolute atomic E-state index is 0.0313. The smallest absolute Gasteiger partial charge is 0.431 e. The predicted molar refractivity (Wildman–Crippen MR) is 121 cm³/mol. The Morgan fingerprint density at radius 2 is 1.77 bits per heavy atom. The molecule has 1 fully saturated rings. The molecule has 3 heterocycles. The molecule has 35 heavy (non-hydrogen) atoms. The van der Waals surface area contributed by atoms with Crippen molar-refractivity contribution in [3.8, 4) is 0 Å². The number of ether oxygens (including phenoxy) is 5. The number of alkyl halides is 1. The minimum atomic E-state index is -2.36. The van der Waals surface area contributed by atoms with E-state index < -0.39 is 54.2 Å². The lowest BCUT2D eigenvalue weighted by molar-refractivity contribution is -0.0819. The summed E-state index contributed by atoms with van der Waals surface area (Å²) in [5.74, 6) is -0.158. The van der Waals surface area contributed by atoms with Crippen LogP contribution >= 0.6 is 11.6 Å². The number of nitrogen functional groups attached to an aromatic ring is 1. The van der Waals surface area contributed by atoms with Crippen LogP contribution in [0.4, 0.5) is 19.9 Å². The van der Waals surface area contributed by atoms with Crippen LogP contribution in [0.1, 0.15) is 54.7 Å². The topological polar surface area (TPSA) is 150 Å². The highest BCUT2D eigenvalue weighted by atomic mass is 35.5. The first-order chi connectivity index (χ1) is 16.0. The van der Waals surface area contributed by atoms with Gasteiger partial charge >= 0.3 is 12.3 Å². The molecule has 0 spiro atoms. The highest BCUT2D eigenvalue weighted by Crippen LogP contribution is 2.44. The van der Waals surface area contributed by atoms with Crippen LogP contribution in [-0.4, -0.2) is 67.5 Å². The lowest BCUT2D eigenvalue weighted by Crippen LogP contribution is -2.45. The lowest BCUT2D eigenvalue weighted by Gasteiger charge is -2.28. The summed E-state index contributed by atoms with van der Waals surface area (Å²) in [6.45, 7) is 10.5. The quantitative estimate of drug-likeness (QED) is 0.463. The van der Waals surface area contributed by atoms with Crippen molar-refractivity contribution in [2.24, 2.45) is 0 Å². The Hall–Kier alpha value is -2.93. The summed E-state index contributed by atoms with van der Waals surface area (Å²) in [6.07, 6.45) is -5.07. The molecule has 1 aliphatic heterocycles. The Balaban J connectivity index is 1.92. The Morgan fingerprint density at radius 3 is 2.37 bits per heavy atom. The average Bonchev–Trinajstić information content (AvgIpc) is 3.16. The van der Waals surface area contributed by atoms with Gasteiger partial charge in [0.25, 0.3) is 0 Å². The van der Waals surface area contributed by atoms with Gasteiger partial charge in [-0.3, -0.25) is 4.57 Å². The van der Waals surface area contributed by atoms with Crippen LogP contribution in [0.2, 0.25) is 5.15 Å². The monoisotopic (exact) mass is 517 g/mol. The first kappa shape index (κ1) is 26.7. The molecule has 0 amide bonds. The number of nitrogens with zero attached hydrogens (tertiary/aromatic N) is 4. The second kappa shape index (κ2) is 9.26. The van der Waals surface area contributed by atoms with Crippen LogP contribution in [-0.2, 0) is 23.7 Å². The maximum absolute atomic E-state index is 16.3. The SMILES string of the molecule is CC(C)(C)OC(=O)OCC1OC(n2cnc3c(Cl)nc(N)nc32)[C@](C)(F)C1OC(=O)OC(C)(C)C. The number of carbonyl (C=O) groups excluding carboxylic acids is 2. The molecule has 12 nitrogen and oxygen atoms in total. The van der Waals surface area contributed by atoms with Crippen molar-refractivity contribution in [1.82, 2.24) is 19.5 Å². The molecule has 2 aromatic rings. The summed E-state index contributed by atoms with van der Waals surface area (Å²) in [5, 5.41) is -0.0313. The van der Waals surface area contributed by atoms with Crippen LogP contribution < -0.4 is 5.73 Å². The van der Waals surface area contributed by atoms with E-state index in [1.807, 2.05) is 0 Å². The highest BCUT2D eigenvalue weighted by molar-refractivity contribution is 6.33. The van der Waals surface area contributed by atoms with Gasteiger partial charge in [0.2, 0.25) is 5.95 Å². The molecule has 194 valence electrons. The van der Waals surface area contributed by atoms with Crippen LogP contribution in [0.25, 0.3) is 11.2 Å². The summed E-state index contributed by atoms with van der Waals surface area (Å²) in [6, 6.07) is 0. The van der Waals surface area contributed by atoms with E-state index in [4.69, 9.17) is 41.0 Å². The zero-order chi connectivity index (χ0) is 26.3. The molecule has 1 aliphatic rings. The van der Waals surface area contributed by atoms with Gasteiger partial charge in [0.1, 0.15) is 29.4 Å². The molecule has 0 aliphatic carbocycles. The largest absolute Gasteiger partial charge is 0.509 e. The molecule has 3 unspecified atom stereocenters. The molecular weight excluding hydrogens is 489 g/mol. The number of anilines is 1. The predicted octanol–water partition coefficient (Wildman–Crippen LogP) is 3.96. The van der Waals surface area contributed by atoms with Crippen LogP contribution in [0.3, 0.4) is 0 Å². The second-order valence-electron chi connectivity index (χ2n) is 10.2. The van der Waals surface area contributed by atoms with Gasteiger partial charge in [-0.15, -0.1) is 0 Å². The van der Waals surface area contributed by atoms with Gasteiger partial charge in [-0.2, -0.15) is 9.97 Å². The zero-order valence-electron chi connectivity index (χ0n) is 20.5.